The summed E-state index contributed by atoms with van der Waals surface area (Å²) in [5, 5.41) is 0. The molecule has 0 atom stereocenters. The molecule has 0 saturated carbocycles. The van der Waals surface area contributed by atoms with E-state index in [0.717, 1.165) is 56.0 Å². The number of nitrogens with two attached hydrogens (primary N) is 1. The Bertz CT molecular complexity index is 736. The summed E-state index contributed by atoms with van der Waals surface area (Å²) in [6.07, 6.45) is 9.65. The fourth-order valence-electron chi connectivity index (χ4n) is 2.81. The van der Waals surface area contributed by atoms with Gasteiger partial charge in [0.15, 0.2) is 0 Å². The van der Waals surface area contributed by atoms with Gasteiger partial charge in [0, 0.05) is 22.7 Å². The standard InChI is InChI=1S/C24H34N2O3S/c1-24(2,23(25)27)14-4-6-18-29-21-10-8-20(9-11-21)28-17-5-3-7-19-30-22-12-15-26-16-13-22/h8-13,15-16H,3-7,14,17-19H2,1-2H3,(H2,25,27). The molecule has 0 bridgehead atoms. The van der Waals surface area contributed by atoms with Gasteiger partial charge in [-0.05, 0) is 80.7 Å². The van der Waals surface area contributed by atoms with E-state index in [-0.39, 0.29) is 5.91 Å². The number of ether oxygens (including phenoxy) is 2. The molecule has 5 nitrogen and oxygen atoms in total. The number of rotatable bonds is 15. The second-order valence-corrected chi connectivity index (χ2v) is 9.13. The molecule has 0 saturated heterocycles. The molecule has 2 rings (SSSR count). The van der Waals surface area contributed by atoms with Crippen molar-refractivity contribution >= 4 is 17.7 Å². The van der Waals surface area contributed by atoms with E-state index in [4.69, 9.17) is 15.2 Å². The number of carbonyl (C=O) groups is 1. The van der Waals surface area contributed by atoms with Crippen molar-refractivity contribution in [3.63, 3.8) is 0 Å². The SMILES string of the molecule is CC(C)(CCCCOc1ccc(OCCCCCSc2ccncc2)cc1)C(N)=O. The topological polar surface area (TPSA) is 74.4 Å². The molecule has 1 heterocycles. The van der Waals surface area contributed by atoms with E-state index in [0.29, 0.717) is 6.61 Å². The zero-order chi connectivity index (χ0) is 21.7. The predicted octanol–water partition coefficient (Wildman–Crippen LogP) is 5.48. The van der Waals surface area contributed by atoms with E-state index in [9.17, 15) is 4.79 Å². The van der Waals surface area contributed by atoms with Gasteiger partial charge in [-0.15, -0.1) is 11.8 Å². The molecule has 0 radical (unpaired) electrons. The van der Waals surface area contributed by atoms with Crippen LogP contribution in [0.5, 0.6) is 11.5 Å². The van der Waals surface area contributed by atoms with Crippen LogP contribution in [0.3, 0.4) is 0 Å². The van der Waals surface area contributed by atoms with Crippen LogP contribution in [0.15, 0.2) is 53.7 Å². The molecular formula is C24H34N2O3S. The molecule has 0 unspecified atom stereocenters. The summed E-state index contributed by atoms with van der Waals surface area (Å²) in [4.78, 5) is 16.6. The molecule has 1 aromatic carbocycles. The number of pyridine rings is 1. The van der Waals surface area contributed by atoms with Crippen molar-refractivity contribution < 1.29 is 14.3 Å². The number of nitrogens with zero attached hydrogens (tertiary/aromatic N) is 1. The number of amides is 1. The first-order valence-electron chi connectivity index (χ1n) is 10.7. The number of aromatic nitrogens is 1. The van der Waals surface area contributed by atoms with Crippen molar-refractivity contribution in [2.45, 2.75) is 57.3 Å². The molecule has 0 spiro atoms. The quantitative estimate of drug-likeness (QED) is 0.299. The van der Waals surface area contributed by atoms with Gasteiger partial charge in [0.2, 0.25) is 5.91 Å². The first-order valence-corrected chi connectivity index (χ1v) is 11.6. The molecule has 0 aliphatic heterocycles. The highest BCUT2D eigenvalue weighted by Gasteiger charge is 2.23. The van der Waals surface area contributed by atoms with E-state index >= 15 is 0 Å². The summed E-state index contributed by atoms with van der Waals surface area (Å²) in [6, 6.07) is 11.9. The van der Waals surface area contributed by atoms with Gasteiger partial charge in [0.05, 0.1) is 13.2 Å². The summed E-state index contributed by atoms with van der Waals surface area (Å²) in [5.41, 5.74) is 4.95. The summed E-state index contributed by atoms with van der Waals surface area (Å²) in [5.74, 6) is 2.58. The maximum absolute atomic E-state index is 11.3. The van der Waals surface area contributed by atoms with Crippen LogP contribution in [0.2, 0.25) is 0 Å². The van der Waals surface area contributed by atoms with E-state index < -0.39 is 5.41 Å². The molecule has 30 heavy (non-hydrogen) atoms. The molecule has 0 fully saturated rings. The van der Waals surface area contributed by atoms with Crippen LogP contribution >= 0.6 is 11.8 Å². The van der Waals surface area contributed by atoms with Gasteiger partial charge in [-0.2, -0.15) is 0 Å². The summed E-state index contributed by atoms with van der Waals surface area (Å²) < 4.78 is 11.6. The van der Waals surface area contributed by atoms with Crippen molar-refractivity contribution in [3.8, 4) is 11.5 Å². The molecule has 0 aliphatic rings. The van der Waals surface area contributed by atoms with Crippen molar-refractivity contribution in [2.75, 3.05) is 19.0 Å². The highest BCUT2D eigenvalue weighted by Crippen LogP contribution is 2.23. The fourth-order valence-corrected chi connectivity index (χ4v) is 3.71. The van der Waals surface area contributed by atoms with Gasteiger partial charge >= 0.3 is 0 Å². The van der Waals surface area contributed by atoms with Crippen molar-refractivity contribution in [3.05, 3.63) is 48.8 Å². The number of hydrogen-bond donors (Lipinski definition) is 1. The normalized spacial score (nSPS) is 11.3. The minimum absolute atomic E-state index is 0.247. The lowest BCUT2D eigenvalue weighted by Gasteiger charge is -2.19. The Morgan fingerprint density at radius 3 is 2.03 bits per heavy atom. The van der Waals surface area contributed by atoms with Gasteiger partial charge in [-0.25, -0.2) is 0 Å². The Kier molecular flexibility index (Phi) is 10.6. The van der Waals surface area contributed by atoms with E-state index in [2.05, 4.69) is 4.98 Å². The lowest BCUT2D eigenvalue weighted by molar-refractivity contribution is -0.126. The van der Waals surface area contributed by atoms with Crippen LogP contribution in [0.25, 0.3) is 0 Å². The zero-order valence-corrected chi connectivity index (χ0v) is 19.0. The first-order chi connectivity index (χ1) is 14.5. The van der Waals surface area contributed by atoms with Crippen molar-refractivity contribution in [1.82, 2.24) is 4.98 Å². The number of unbranched alkanes of at least 4 members (excludes halogenated alkanes) is 3. The minimum atomic E-state index is -0.447. The zero-order valence-electron chi connectivity index (χ0n) is 18.1. The van der Waals surface area contributed by atoms with E-state index in [1.807, 2.05) is 74.4 Å². The highest BCUT2D eigenvalue weighted by molar-refractivity contribution is 7.99. The number of thioether (sulfide) groups is 1. The molecule has 1 amide bonds. The second kappa shape index (κ2) is 13.2. The molecule has 0 aliphatic carbocycles. The average Bonchev–Trinajstić information content (AvgIpc) is 2.74. The lowest BCUT2D eigenvalue weighted by atomic mass is 9.86. The third kappa shape index (κ3) is 9.53. The monoisotopic (exact) mass is 430 g/mol. The number of hydrogen-bond acceptors (Lipinski definition) is 5. The van der Waals surface area contributed by atoms with E-state index in [1.54, 1.807) is 0 Å². The largest absolute Gasteiger partial charge is 0.494 e. The van der Waals surface area contributed by atoms with Gasteiger partial charge < -0.3 is 15.2 Å². The van der Waals surface area contributed by atoms with Gasteiger partial charge in [0.1, 0.15) is 11.5 Å². The number of carbonyl (C=O) groups excluding carboxylic acids is 1. The van der Waals surface area contributed by atoms with Gasteiger partial charge in [0.25, 0.3) is 0 Å². The van der Waals surface area contributed by atoms with Crippen LogP contribution in [0.4, 0.5) is 0 Å². The summed E-state index contributed by atoms with van der Waals surface area (Å²) in [6.45, 7) is 5.13. The van der Waals surface area contributed by atoms with Crippen LogP contribution in [-0.4, -0.2) is 29.9 Å². The Morgan fingerprint density at radius 1 is 0.900 bits per heavy atom. The van der Waals surface area contributed by atoms with Crippen molar-refractivity contribution in [2.24, 2.45) is 11.1 Å². The fraction of sp³-hybridized carbons (Fsp3) is 0.500. The predicted molar refractivity (Wildman–Crippen MR) is 123 cm³/mol. The summed E-state index contributed by atoms with van der Waals surface area (Å²) >= 11 is 1.87. The van der Waals surface area contributed by atoms with Crippen LogP contribution in [0.1, 0.15) is 52.4 Å². The Labute approximate surface area is 184 Å². The molecule has 2 N–H and O–H groups in total. The van der Waals surface area contributed by atoms with Gasteiger partial charge in [-0.1, -0.05) is 13.8 Å². The van der Waals surface area contributed by atoms with Crippen LogP contribution < -0.4 is 15.2 Å². The Balaban J connectivity index is 1.50. The molecular weight excluding hydrogens is 396 g/mol. The van der Waals surface area contributed by atoms with E-state index in [1.165, 1.54) is 11.3 Å². The van der Waals surface area contributed by atoms with Crippen LogP contribution in [-0.2, 0) is 4.79 Å². The molecule has 6 heteroatoms. The highest BCUT2D eigenvalue weighted by atomic mass is 32.2. The lowest BCUT2D eigenvalue weighted by Crippen LogP contribution is -2.31. The molecule has 2 aromatic rings. The first kappa shape index (κ1) is 24.1. The smallest absolute Gasteiger partial charge is 0.223 e. The maximum Gasteiger partial charge on any atom is 0.223 e. The third-order valence-corrected chi connectivity index (χ3v) is 6.03. The number of benzene rings is 1. The van der Waals surface area contributed by atoms with Gasteiger partial charge in [-0.3, -0.25) is 9.78 Å². The Morgan fingerprint density at radius 2 is 1.47 bits per heavy atom. The number of primary amides is 1. The third-order valence-electron chi connectivity index (χ3n) is 4.93. The Hall–Kier alpha value is -2.21. The summed E-state index contributed by atoms with van der Waals surface area (Å²) in [7, 11) is 0. The molecule has 164 valence electrons. The average molecular weight is 431 g/mol. The maximum atomic E-state index is 11.3. The van der Waals surface area contributed by atoms with Crippen molar-refractivity contribution in [1.29, 1.82) is 0 Å². The minimum Gasteiger partial charge on any atom is -0.494 e. The molecule has 1 aromatic heterocycles. The van der Waals surface area contributed by atoms with Crippen LogP contribution in [0, 0.1) is 5.41 Å². The second-order valence-electron chi connectivity index (χ2n) is 7.97.